The van der Waals surface area contributed by atoms with E-state index >= 15 is 0 Å². The average molecular weight is 189 g/mol. The van der Waals surface area contributed by atoms with E-state index < -0.39 is 0 Å². The number of methoxy groups -OCH3 is 1. The molecule has 1 unspecified atom stereocenters. The van der Waals surface area contributed by atoms with Crippen molar-refractivity contribution in [2.24, 2.45) is 0 Å². The van der Waals surface area contributed by atoms with Crippen LogP contribution in [0.15, 0.2) is 30.4 Å². The first-order valence-corrected chi connectivity index (χ1v) is 4.86. The lowest BCUT2D eigenvalue weighted by Crippen LogP contribution is -2.14. The van der Waals surface area contributed by atoms with Crippen molar-refractivity contribution in [3.63, 3.8) is 0 Å². The molecule has 1 aliphatic heterocycles. The largest absolute Gasteiger partial charge is 0.496 e. The molecule has 2 heteroatoms. The Morgan fingerprint density at radius 2 is 2.29 bits per heavy atom. The molecule has 1 aliphatic rings. The Morgan fingerprint density at radius 1 is 1.43 bits per heavy atom. The molecule has 14 heavy (non-hydrogen) atoms. The molecule has 1 heterocycles. The van der Waals surface area contributed by atoms with E-state index in [1.54, 1.807) is 7.11 Å². The third kappa shape index (κ3) is 1.66. The first kappa shape index (κ1) is 9.28. The second-order valence-electron chi connectivity index (χ2n) is 3.56. The van der Waals surface area contributed by atoms with E-state index in [1.807, 2.05) is 6.07 Å². The second-order valence-corrected chi connectivity index (χ2v) is 3.56. The summed E-state index contributed by atoms with van der Waals surface area (Å²) in [5.74, 6) is 0.958. The van der Waals surface area contributed by atoms with Crippen molar-refractivity contribution in [2.75, 3.05) is 13.7 Å². The molecule has 0 aliphatic carbocycles. The van der Waals surface area contributed by atoms with Gasteiger partial charge in [-0.3, -0.25) is 0 Å². The normalized spacial score (nSPS) is 20.0. The fraction of sp³-hybridized carbons (Fsp3) is 0.333. The summed E-state index contributed by atoms with van der Waals surface area (Å²) in [6.45, 7) is 3.05. The maximum Gasteiger partial charge on any atom is 0.123 e. The van der Waals surface area contributed by atoms with Gasteiger partial charge in [-0.15, -0.1) is 0 Å². The molecule has 2 rings (SSSR count). The highest BCUT2D eigenvalue weighted by Gasteiger charge is 2.15. The van der Waals surface area contributed by atoms with Crippen molar-refractivity contribution in [2.45, 2.75) is 13.0 Å². The van der Waals surface area contributed by atoms with E-state index in [0.29, 0.717) is 6.04 Å². The molecule has 0 fully saturated rings. The van der Waals surface area contributed by atoms with Gasteiger partial charge < -0.3 is 10.1 Å². The van der Waals surface area contributed by atoms with Crippen LogP contribution in [-0.4, -0.2) is 13.7 Å². The zero-order valence-corrected chi connectivity index (χ0v) is 8.58. The van der Waals surface area contributed by atoms with Crippen LogP contribution in [0.4, 0.5) is 0 Å². The fourth-order valence-electron chi connectivity index (χ4n) is 1.78. The third-order valence-corrected chi connectivity index (χ3v) is 2.50. The van der Waals surface area contributed by atoms with E-state index in [0.717, 1.165) is 12.3 Å². The van der Waals surface area contributed by atoms with Crippen LogP contribution in [0, 0.1) is 6.92 Å². The molecular weight excluding hydrogens is 174 g/mol. The van der Waals surface area contributed by atoms with Crippen molar-refractivity contribution in [1.82, 2.24) is 5.32 Å². The van der Waals surface area contributed by atoms with Crippen LogP contribution in [0.25, 0.3) is 0 Å². The molecule has 74 valence electrons. The van der Waals surface area contributed by atoms with Crippen molar-refractivity contribution in [3.05, 3.63) is 41.5 Å². The van der Waals surface area contributed by atoms with Gasteiger partial charge in [-0.25, -0.2) is 0 Å². The van der Waals surface area contributed by atoms with Gasteiger partial charge in [0.2, 0.25) is 0 Å². The van der Waals surface area contributed by atoms with Crippen LogP contribution < -0.4 is 10.1 Å². The van der Waals surface area contributed by atoms with Gasteiger partial charge in [-0.2, -0.15) is 0 Å². The van der Waals surface area contributed by atoms with Gasteiger partial charge in [0.05, 0.1) is 13.2 Å². The standard InChI is InChI=1S/C12H15NO/c1-9-5-6-12(14-2)10(8-9)11-4-3-7-13-11/h3-6,8,11,13H,7H2,1-2H3. The molecule has 0 spiro atoms. The Hall–Kier alpha value is -1.28. The van der Waals surface area contributed by atoms with Crippen LogP contribution in [0.2, 0.25) is 0 Å². The Kier molecular flexibility index (Phi) is 2.55. The van der Waals surface area contributed by atoms with E-state index in [2.05, 4.69) is 36.5 Å². The number of nitrogens with one attached hydrogen (secondary N) is 1. The van der Waals surface area contributed by atoms with Crippen molar-refractivity contribution in [3.8, 4) is 5.75 Å². The number of hydrogen-bond acceptors (Lipinski definition) is 2. The molecule has 1 N–H and O–H groups in total. The number of benzene rings is 1. The zero-order chi connectivity index (χ0) is 9.97. The number of hydrogen-bond donors (Lipinski definition) is 1. The van der Waals surface area contributed by atoms with Crippen molar-refractivity contribution >= 4 is 0 Å². The molecular formula is C12H15NO. The lowest BCUT2D eigenvalue weighted by Gasteiger charge is -2.14. The lowest BCUT2D eigenvalue weighted by atomic mass is 10.0. The first-order chi connectivity index (χ1) is 6.81. The smallest absolute Gasteiger partial charge is 0.123 e. The minimum absolute atomic E-state index is 0.310. The van der Waals surface area contributed by atoms with E-state index in [4.69, 9.17) is 4.74 Å². The minimum Gasteiger partial charge on any atom is -0.496 e. The van der Waals surface area contributed by atoms with Crippen LogP contribution >= 0.6 is 0 Å². The summed E-state index contributed by atoms with van der Waals surface area (Å²) in [4.78, 5) is 0. The number of ether oxygens (including phenoxy) is 1. The minimum atomic E-state index is 0.310. The average Bonchev–Trinajstić information content (AvgIpc) is 2.70. The maximum atomic E-state index is 5.34. The molecule has 0 radical (unpaired) electrons. The Morgan fingerprint density at radius 3 is 2.93 bits per heavy atom. The fourth-order valence-corrected chi connectivity index (χ4v) is 1.78. The van der Waals surface area contributed by atoms with E-state index in [1.165, 1.54) is 11.1 Å². The van der Waals surface area contributed by atoms with Gasteiger partial charge in [-0.05, 0) is 13.0 Å². The van der Waals surface area contributed by atoms with Crippen LogP contribution in [0.3, 0.4) is 0 Å². The van der Waals surface area contributed by atoms with Crippen molar-refractivity contribution in [1.29, 1.82) is 0 Å². The predicted molar refractivity (Wildman–Crippen MR) is 57.6 cm³/mol. The Bertz CT molecular complexity index is 357. The van der Waals surface area contributed by atoms with Gasteiger partial charge >= 0.3 is 0 Å². The Labute approximate surface area is 84.6 Å². The number of aryl methyl sites for hydroxylation is 1. The summed E-state index contributed by atoms with van der Waals surface area (Å²) in [5.41, 5.74) is 2.49. The van der Waals surface area contributed by atoms with Crippen LogP contribution in [0.5, 0.6) is 5.75 Å². The molecule has 0 saturated carbocycles. The summed E-state index contributed by atoms with van der Waals surface area (Å²) in [7, 11) is 1.72. The maximum absolute atomic E-state index is 5.34. The summed E-state index contributed by atoms with van der Waals surface area (Å²) in [6.07, 6.45) is 4.32. The zero-order valence-electron chi connectivity index (χ0n) is 8.58. The summed E-state index contributed by atoms with van der Waals surface area (Å²) >= 11 is 0. The second kappa shape index (κ2) is 3.84. The molecule has 1 aromatic rings. The Balaban J connectivity index is 2.38. The van der Waals surface area contributed by atoms with Crippen LogP contribution in [0.1, 0.15) is 17.2 Å². The molecule has 0 saturated heterocycles. The highest BCUT2D eigenvalue weighted by Crippen LogP contribution is 2.28. The summed E-state index contributed by atoms with van der Waals surface area (Å²) in [5, 5.41) is 3.38. The summed E-state index contributed by atoms with van der Waals surface area (Å²) < 4.78 is 5.34. The van der Waals surface area contributed by atoms with E-state index in [9.17, 15) is 0 Å². The van der Waals surface area contributed by atoms with Gasteiger partial charge in [-0.1, -0.05) is 29.8 Å². The van der Waals surface area contributed by atoms with Gasteiger partial charge in [0, 0.05) is 12.1 Å². The van der Waals surface area contributed by atoms with Gasteiger partial charge in [0.25, 0.3) is 0 Å². The SMILES string of the molecule is COc1ccc(C)cc1C1C=CCN1. The predicted octanol–water partition coefficient (Wildman–Crippen LogP) is 2.20. The van der Waals surface area contributed by atoms with Crippen molar-refractivity contribution < 1.29 is 4.74 Å². The topological polar surface area (TPSA) is 21.3 Å². The monoisotopic (exact) mass is 189 g/mol. The van der Waals surface area contributed by atoms with Crippen LogP contribution in [-0.2, 0) is 0 Å². The van der Waals surface area contributed by atoms with Gasteiger partial charge in [0.1, 0.15) is 5.75 Å². The number of rotatable bonds is 2. The summed E-state index contributed by atoms with van der Waals surface area (Å²) in [6, 6.07) is 6.58. The van der Waals surface area contributed by atoms with Gasteiger partial charge in [0.15, 0.2) is 0 Å². The molecule has 1 aromatic carbocycles. The molecule has 0 aromatic heterocycles. The first-order valence-electron chi connectivity index (χ1n) is 4.86. The highest BCUT2D eigenvalue weighted by atomic mass is 16.5. The molecule has 0 amide bonds. The molecule has 0 bridgehead atoms. The lowest BCUT2D eigenvalue weighted by molar-refractivity contribution is 0.406. The molecule has 1 atom stereocenters. The molecule has 2 nitrogen and oxygen atoms in total. The third-order valence-electron chi connectivity index (χ3n) is 2.50. The highest BCUT2D eigenvalue weighted by molar-refractivity contribution is 5.41. The van der Waals surface area contributed by atoms with E-state index in [-0.39, 0.29) is 0 Å². The quantitative estimate of drug-likeness (QED) is 0.720.